The molecule has 146 valence electrons. The van der Waals surface area contributed by atoms with Crippen LogP contribution in [0.1, 0.15) is 22.8 Å². The largest absolute Gasteiger partial charge is 0.497 e. The van der Waals surface area contributed by atoms with E-state index in [0.29, 0.717) is 22.2 Å². The third-order valence-corrected chi connectivity index (χ3v) is 6.05. The number of ketones is 1. The van der Waals surface area contributed by atoms with Gasteiger partial charge in [0.15, 0.2) is 10.1 Å². The highest BCUT2D eigenvalue weighted by Gasteiger charge is 2.15. The monoisotopic (exact) mass is 415 g/mol. The number of carbonyl (C=O) groups excluding carboxylic acids is 1. The first-order chi connectivity index (χ1) is 13.6. The van der Waals surface area contributed by atoms with Crippen LogP contribution in [-0.2, 0) is 6.42 Å². The SMILES string of the molecule is CCc1ccccc1Nc1nnc(SCC(=O)c2ccc(OC)cc2OC)s1. The molecule has 0 aliphatic heterocycles. The summed E-state index contributed by atoms with van der Waals surface area (Å²) in [6.45, 7) is 2.11. The lowest BCUT2D eigenvalue weighted by Crippen LogP contribution is -2.05. The number of rotatable bonds is 9. The standard InChI is InChI=1S/C20H21N3O3S2/c1-4-13-7-5-6-8-16(13)21-19-22-23-20(28-19)27-12-17(24)15-10-9-14(25-2)11-18(15)26-3/h5-11H,4,12H2,1-3H3,(H,21,22). The Morgan fingerprint density at radius 2 is 1.96 bits per heavy atom. The molecule has 28 heavy (non-hydrogen) atoms. The van der Waals surface area contributed by atoms with Crippen molar-refractivity contribution >= 4 is 39.7 Å². The van der Waals surface area contributed by atoms with Gasteiger partial charge in [0.05, 0.1) is 25.5 Å². The van der Waals surface area contributed by atoms with Crippen molar-refractivity contribution in [1.29, 1.82) is 0 Å². The maximum Gasteiger partial charge on any atom is 0.210 e. The van der Waals surface area contributed by atoms with Gasteiger partial charge in [-0.05, 0) is 30.2 Å². The summed E-state index contributed by atoms with van der Waals surface area (Å²) in [5.41, 5.74) is 2.76. The van der Waals surface area contributed by atoms with E-state index in [2.05, 4.69) is 28.5 Å². The Morgan fingerprint density at radius 1 is 1.14 bits per heavy atom. The number of aryl methyl sites for hydroxylation is 1. The minimum atomic E-state index is -0.0365. The van der Waals surface area contributed by atoms with Crippen molar-refractivity contribution in [3.8, 4) is 11.5 Å². The zero-order chi connectivity index (χ0) is 19.9. The molecule has 2 aromatic carbocycles. The Labute approximate surface area is 172 Å². The normalized spacial score (nSPS) is 10.5. The molecule has 1 heterocycles. The van der Waals surface area contributed by atoms with E-state index in [0.717, 1.165) is 16.4 Å². The van der Waals surface area contributed by atoms with E-state index in [-0.39, 0.29) is 11.5 Å². The quantitative estimate of drug-likeness (QED) is 0.396. The van der Waals surface area contributed by atoms with E-state index in [1.807, 2.05) is 18.2 Å². The zero-order valence-corrected chi connectivity index (χ0v) is 17.5. The molecular weight excluding hydrogens is 394 g/mol. The number of benzene rings is 2. The molecule has 6 nitrogen and oxygen atoms in total. The van der Waals surface area contributed by atoms with Crippen molar-refractivity contribution < 1.29 is 14.3 Å². The minimum absolute atomic E-state index is 0.0365. The number of hydrogen-bond donors (Lipinski definition) is 1. The molecular formula is C20H21N3O3S2. The first kappa shape index (κ1) is 20.2. The van der Waals surface area contributed by atoms with E-state index >= 15 is 0 Å². The van der Waals surface area contributed by atoms with E-state index in [4.69, 9.17) is 9.47 Å². The molecule has 0 aliphatic carbocycles. The van der Waals surface area contributed by atoms with Crippen LogP contribution in [0.3, 0.4) is 0 Å². The molecule has 3 aromatic rings. The van der Waals surface area contributed by atoms with Crippen LogP contribution in [0.15, 0.2) is 46.8 Å². The molecule has 0 atom stereocenters. The van der Waals surface area contributed by atoms with E-state index < -0.39 is 0 Å². The summed E-state index contributed by atoms with van der Waals surface area (Å²) in [5.74, 6) is 1.36. The second kappa shape index (κ2) is 9.57. The first-order valence-electron chi connectivity index (χ1n) is 8.71. The van der Waals surface area contributed by atoms with Gasteiger partial charge in [-0.1, -0.05) is 48.2 Å². The van der Waals surface area contributed by atoms with Gasteiger partial charge in [0.25, 0.3) is 0 Å². The Balaban J connectivity index is 1.64. The Hall–Kier alpha value is -2.58. The van der Waals surface area contributed by atoms with Crippen LogP contribution in [-0.4, -0.2) is 36.0 Å². The molecule has 1 aromatic heterocycles. The predicted octanol–water partition coefficient (Wildman–Crippen LogP) is 4.84. The van der Waals surface area contributed by atoms with Crippen molar-refractivity contribution in [3.63, 3.8) is 0 Å². The lowest BCUT2D eigenvalue weighted by atomic mass is 10.1. The second-order valence-electron chi connectivity index (χ2n) is 5.79. The molecule has 0 fully saturated rings. The fourth-order valence-corrected chi connectivity index (χ4v) is 4.27. The maximum absolute atomic E-state index is 12.6. The number of nitrogens with one attached hydrogen (secondary N) is 1. The van der Waals surface area contributed by atoms with Crippen molar-refractivity contribution in [1.82, 2.24) is 10.2 Å². The van der Waals surface area contributed by atoms with Crippen molar-refractivity contribution in [2.75, 3.05) is 25.3 Å². The predicted molar refractivity (Wildman–Crippen MR) is 114 cm³/mol. The summed E-state index contributed by atoms with van der Waals surface area (Å²) >= 11 is 2.79. The number of para-hydroxylation sites is 1. The van der Waals surface area contributed by atoms with Crippen LogP contribution in [0.2, 0.25) is 0 Å². The molecule has 0 saturated carbocycles. The van der Waals surface area contributed by atoms with Crippen molar-refractivity contribution in [2.24, 2.45) is 0 Å². The van der Waals surface area contributed by atoms with Gasteiger partial charge in [-0.15, -0.1) is 10.2 Å². The first-order valence-corrected chi connectivity index (χ1v) is 10.5. The number of ether oxygens (including phenoxy) is 2. The fourth-order valence-electron chi connectivity index (χ4n) is 2.62. The number of thioether (sulfide) groups is 1. The van der Waals surface area contributed by atoms with E-state index in [1.54, 1.807) is 25.3 Å². The molecule has 0 aliphatic rings. The summed E-state index contributed by atoms with van der Waals surface area (Å²) in [4.78, 5) is 12.6. The molecule has 3 rings (SSSR count). The van der Waals surface area contributed by atoms with Crippen LogP contribution in [0.25, 0.3) is 0 Å². The van der Waals surface area contributed by atoms with Crippen LogP contribution in [0, 0.1) is 0 Å². The molecule has 1 N–H and O–H groups in total. The van der Waals surface area contributed by atoms with Crippen molar-refractivity contribution in [3.05, 3.63) is 53.6 Å². The molecule has 0 bridgehead atoms. The van der Waals surface area contributed by atoms with Gasteiger partial charge in [-0.3, -0.25) is 4.79 Å². The highest BCUT2D eigenvalue weighted by atomic mass is 32.2. The number of carbonyl (C=O) groups is 1. The average molecular weight is 416 g/mol. The summed E-state index contributed by atoms with van der Waals surface area (Å²) in [6, 6.07) is 13.3. The summed E-state index contributed by atoms with van der Waals surface area (Å²) < 4.78 is 11.2. The van der Waals surface area contributed by atoms with Crippen LogP contribution < -0.4 is 14.8 Å². The van der Waals surface area contributed by atoms with Crippen LogP contribution in [0.4, 0.5) is 10.8 Å². The summed E-state index contributed by atoms with van der Waals surface area (Å²) in [5, 5.41) is 12.4. The zero-order valence-electron chi connectivity index (χ0n) is 15.9. The van der Waals surface area contributed by atoms with E-state index in [1.165, 1.54) is 35.8 Å². The molecule has 8 heteroatoms. The Kier molecular flexibility index (Phi) is 6.89. The van der Waals surface area contributed by atoms with Gasteiger partial charge in [-0.2, -0.15) is 0 Å². The molecule has 0 unspecified atom stereocenters. The van der Waals surface area contributed by atoms with E-state index in [9.17, 15) is 4.79 Å². The second-order valence-corrected chi connectivity index (χ2v) is 7.99. The summed E-state index contributed by atoms with van der Waals surface area (Å²) in [6.07, 6.45) is 0.932. The molecule has 0 spiro atoms. The third-order valence-electron chi connectivity index (χ3n) is 4.08. The molecule has 0 amide bonds. The van der Waals surface area contributed by atoms with Crippen LogP contribution >= 0.6 is 23.1 Å². The van der Waals surface area contributed by atoms with Gasteiger partial charge < -0.3 is 14.8 Å². The van der Waals surface area contributed by atoms with Gasteiger partial charge in [0.1, 0.15) is 11.5 Å². The number of methoxy groups -OCH3 is 2. The van der Waals surface area contributed by atoms with Crippen molar-refractivity contribution in [2.45, 2.75) is 17.7 Å². The van der Waals surface area contributed by atoms with Crippen LogP contribution in [0.5, 0.6) is 11.5 Å². The number of aromatic nitrogens is 2. The maximum atomic E-state index is 12.6. The number of nitrogens with zero attached hydrogens (tertiary/aromatic N) is 2. The number of Topliss-reactive ketones (excluding diaryl/α,β-unsaturated/α-hetero) is 1. The third kappa shape index (κ3) is 4.82. The Bertz CT molecular complexity index is 959. The lowest BCUT2D eigenvalue weighted by Gasteiger charge is -2.09. The smallest absolute Gasteiger partial charge is 0.210 e. The summed E-state index contributed by atoms with van der Waals surface area (Å²) in [7, 11) is 3.11. The molecule has 0 radical (unpaired) electrons. The molecule has 0 saturated heterocycles. The average Bonchev–Trinajstić information content (AvgIpc) is 3.19. The fraction of sp³-hybridized carbons (Fsp3) is 0.250. The lowest BCUT2D eigenvalue weighted by molar-refractivity contribution is 0.101. The van der Waals surface area contributed by atoms with Gasteiger partial charge in [-0.25, -0.2) is 0 Å². The highest BCUT2D eigenvalue weighted by Crippen LogP contribution is 2.31. The topological polar surface area (TPSA) is 73.3 Å². The Morgan fingerprint density at radius 3 is 2.71 bits per heavy atom. The van der Waals surface area contributed by atoms with Gasteiger partial charge in [0, 0.05) is 11.8 Å². The number of anilines is 2. The van der Waals surface area contributed by atoms with Gasteiger partial charge >= 0.3 is 0 Å². The minimum Gasteiger partial charge on any atom is -0.497 e. The van der Waals surface area contributed by atoms with Gasteiger partial charge in [0.2, 0.25) is 5.13 Å². The number of hydrogen-bond acceptors (Lipinski definition) is 8. The highest BCUT2D eigenvalue weighted by molar-refractivity contribution is 8.01.